The Hall–Kier alpha value is -1.33. The molecule has 84 valence electrons. The van der Waals surface area contributed by atoms with E-state index >= 15 is 0 Å². The molecule has 0 fully saturated rings. The molecule has 0 radical (unpaired) electrons. The highest BCUT2D eigenvalue weighted by Gasteiger charge is 2.16. The Morgan fingerprint density at radius 3 is 2.93 bits per heavy atom. The average molecular weight is 213 g/mol. The number of hydrogen-bond acceptors (Lipinski definition) is 5. The molecule has 0 amide bonds. The molecule has 1 unspecified atom stereocenters. The highest BCUT2D eigenvalue weighted by molar-refractivity contribution is 5.90. The fourth-order valence-electron chi connectivity index (χ4n) is 1.27. The molecule has 1 aromatic rings. The van der Waals surface area contributed by atoms with E-state index in [-0.39, 0.29) is 6.54 Å². The average Bonchev–Trinajstić information content (AvgIpc) is 2.58. The van der Waals surface area contributed by atoms with E-state index in [1.54, 1.807) is 13.0 Å². The van der Waals surface area contributed by atoms with Gasteiger partial charge >= 0.3 is 5.97 Å². The maximum atomic E-state index is 11.2. The van der Waals surface area contributed by atoms with Crippen LogP contribution >= 0.6 is 0 Å². The summed E-state index contributed by atoms with van der Waals surface area (Å²) in [5.74, 6) is 0.580. The minimum absolute atomic E-state index is 0.160. The smallest absolute Gasteiger partial charge is 0.341 e. The molecular formula is C10H15NO4. The van der Waals surface area contributed by atoms with Crippen molar-refractivity contribution in [1.82, 2.24) is 0 Å². The Kier molecular flexibility index (Phi) is 3.88. The molecule has 5 heteroatoms. The third-order valence-corrected chi connectivity index (χ3v) is 2.08. The topological polar surface area (TPSA) is 85.7 Å². The van der Waals surface area contributed by atoms with Crippen molar-refractivity contribution >= 4 is 5.97 Å². The van der Waals surface area contributed by atoms with Crippen molar-refractivity contribution in [1.29, 1.82) is 0 Å². The van der Waals surface area contributed by atoms with Crippen LogP contribution in [-0.4, -0.2) is 30.8 Å². The first-order chi connectivity index (χ1) is 7.08. The monoisotopic (exact) mass is 213 g/mol. The number of hydrogen-bond donors (Lipinski definition) is 2. The van der Waals surface area contributed by atoms with Crippen LogP contribution in [0.1, 0.15) is 21.9 Å². The SMILES string of the molecule is COC(=O)c1cc(CC(O)CN)oc1C. The van der Waals surface area contributed by atoms with E-state index < -0.39 is 12.1 Å². The lowest BCUT2D eigenvalue weighted by molar-refractivity contribution is 0.0599. The van der Waals surface area contributed by atoms with Gasteiger partial charge in [0, 0.05) is 13.0 Å². The van der Waals surface area contributed by atoms with Crippen LogP contribution in [0, 0.1) is 6.92 Å². The second-order valence-electron chi connectivity index (χ2n) is 3.27. The molecule has 3 N–H and O–H groups in total. The van der Waals surface area contributed by atoms with Gasteiger partial charge in [-0.05, 0) is 13.0 Å². The second-order valence-corrected chi connectivity index (χ2v) is 3.27. The van der Waals surface area contributed by atoms with E-state index in [1.165, 1.54) is 7.11 Å². The molecule has 1 aromatic heterocycles. The summed E-state index contributed by atoms with van der Waals surface area (Å²) in [7, 11) is 1.31. The van der Waals surface area contributed by atoms with Crippen molar-refractivity contribution in [2.75, 3.05) is 13.7 Å². The van der Waals surface area contributed by atoms with Crippen molar-refractivity contribution in [2.24, 2.45) is 5.73 Å². The lowest BCUT2D eigenvalue weighted by Crippen LogP contribution is -2.21. The van der Waals surface area contributed by atoms with E-state index in [2.05, 4.69) is 4.74 Å². The Labute approximate surface area is 87.8 Å². The third-order valence-electron chi connectivity index (χ3n) is 2.08. The summed E-state index contributed by atoms with van der Waals surface area (Å²) in [6.07, 6.45) is -0.352. The highest BCUT2D eigenvalue weighted by atomic mass is 16.5. The first-order valence-electron chi connectivity index (χ1n) is 4.64. The number of ether oxygens (including phenoxy) is 1. The minimum Gasteiger partial charge on any atom is -0.465 e. The van der Waals surface area contributed by atoms with Gasteiger partial charge in [0.1, 0.15) is 17.1 Å². The molecule has 0 aliphatic rings. The normalized spacial score (nSPS) is 12.5. The first kappa shape index (κ1) is 11.7. The first-order valence-corrected chi connectivity index (χ1v) is 4.64. The summed E-state index contributed by atoms with van der Waals surface area (Å²) >= 11 is 0. The van der Waals surface area contributed by atoms with Gasteiger partial charge in [0.25, 0.3) is 0 Å². The molecule has 0 aliphatic carbocycles. The maximum absolute atomic E-state index is 11.2. The van der Waals surface area contributed by atoms with Gasteiger partial charge in [-0.25, -0.2) is 4.79 Å². The fraction of sp³-hybridized carbons (Fsp3) is 0.500. The van der Waals surface area contributed by atoms with Gasteiger partial charge in [-0.2, -0.15) is 0 Å². The molecule has 0 aromatic carbocycles. The van der Waals surface area contributed by atoms with Crippen molar-refractivity contribution in [3.63, 3.8) is 0 Å². The van der Waals surface area contributed by atoms with E-state index in [0.717, 1.165) is 0 Å². The number of methoxy groups -OCH3 is 1. The Bertz CT molecular complexity index is 345. The summed E-state index contributed by atoms with van der Waals surface area (Å²) in [5.41, 5.74) is 5.65. The molecular weight excluding hydrogens is 198 g/mol. The largest absolute Gasteiger partial charge is 0.465 e. The zero-order chi connectivity index (χ0) is 11.4. The lowest BCUT2D eigenvalue weighted by Gasteiger charge is -2.03. The van der Waals surface area contributed by atoms with Gasteiger partial charge in [-0.3, -0.25) is 0 Å². The number of aryl methyl sites for hydroxylation is 1. The number of carbonyl (C=O) groups is 1. The molecule has 0 bridgehead atoms. The number of esters is 1. The highest BCUT2D eigenvalue weighted by Crippen LogP contribution is 2.16. The van der Waals surface area contributed by atoms with Gasteiger partial charge in [-0.15, -0.1) is 0 Å². The van der Waals surface area contributed by atoms with Crippen LogP contribution in [0.5, 0.6) is 0 Å². The molecule has 0 aliphatic heterocycles. The molecule has 0 saturated heterocycles. The number of carbonyl (C=O) groups excluding carboxylic acids is 1. The van der Waals surface area contributed by atoms with Crippen LogP contribution in [0.2, 0.25) is 0 Å². The van der Waals surface area contributed by atoms with Gasteiger partial charge < -0.3 is 20.0 Å². The quantitative estimate of drug-likeness (QED) is 0.699. The van der Waals surface area contributed by atoms with Crippen LogP contribution in [0.3, 0.4) is 0 Å². The number of furan rings is 1. The van der Waals surface area contributed by atoms with Crippen molar-refractivity contribution in [3.05, 3.63) is 23.2 Å². The van der Waals surface area contributed by atoms with E-state index in [9.17, 15) is 9.90 Å². The Morgan fingerprint density at radius 2 is 2.40 bits per heavy atom. The standard InChI is InChI=1S/C10H15NO4/c1-6-9(10(13)14-2)4-8(15-6)3-7(12)5-11/h4,7,12H,3,5,11H2,1-2H3. The molecule has 1 rings (SSSR count). The van der Waals surface area contributed by atoms with Gasteiger partial charge in [0.15, 0.2) is 0 Å². The summed E-state index contributed by atoms with van der Waals surface area (Å²) in [5, 5.41) is 9.31. The van der Waals surface area contributed by atoms with Gasteiger partial charge in [0.05, 0.1) is 13.2 Å². The molecule has 1 heterocycles. The minimum atomic E-state index is -0.652. The Balaban J connectivity index is 2.81. The van der Waals surface area contributed by atoms with Crippen LogP contribution < -0.4 is 5.73 Å². The van der Waals surface area contributed by atoms with Gasteiger partial charge in [-0.1, -0.05) is 0 Å². The molecule has 5 nitrogen and oxygen atoms in total. The maximum Gasteiger partial charge on any atom is 0.341 e. The van der Waals surface area contributed by atoms with Crippen LogP contribution in [0.25, 0.3) is 0 Å². The Morgan fingerprint density at radius 1 is 1.73 bits per heavy atom. The summed E-state index contributed by atoms with van der Waals surface area (Å²) in [4.78, 5) is 11.2. The molecule has 0 spiro atoms. The zero-order valence-electron chi connectivity index (χ0n) is 8.82. The van der Waals surface area contributed by atoms with Crippen LogP contribution in [-0.2, 0) is 11.2 Å². The predicted octanol–water partition coefficient (Wildman–Crippen LogP) is 0.237. The molecule has 0 saturated carbocycles. The van der Waals surface area contributed by atoms with Crippen molar-refractivity contribution in [2.45, 2.75) is 19.4 Å². The lowest BCUT2D eigenvalue weighted by atomic mass is 10.2. The number of nitrogens with two attached hydrogens (primary N) is 1. The number of aliphatic hydroxyl groups is 1. The summed E-state index contributed by atoms with van der Waals surface area (Å²) in [6.45, 7) is 1.83. The molecule has 15 heavy (non-hydrogen) atoms. The predicted molar refractivity (Wildman–Crippen MR) is 53.5 cm³/mol. The van der Waals surface area contributed by atoms with Crippen LogP contribution in [0.4, 0.5) is 0 Å². The third kappa shape index (κ3) is 2.81. The second kappa shape index (κ2) is 4.95. The van der Waals surface area contributed by atoms with Crippen molar-refractivity contribution in [3.8, 4) is 0 Å². The van der Waals surface area contributed by atoms with E-state index in [4.69, 9.17) is 10.2 Å². The van der Waals surface area contributed by atoms with Crippen LogP contribution in [0.15, 0.2) is 10.5 Å². The fourth-order valence-corrected chi connectivity index (χ4v) is 1.27. The number of aliphatic hydroxyl groups excluding tert-OH is 1. The van der Waals surface area contributed by atoms with Crippen molar-refractivity contribution < 1.29 is 19.1 Å². The zero-order valence-corrected chi connectivity index (χ0v) is 8.82. The number of rotatable bonds is 4. The van der Waals surface area contributed by atoms with E-state index in [0.29, 0.717) is 23.5 Å². The van der Waals surface area contributed by atoms with E-state index in [1.807, 2.05) is 0 Å². The van der Waals surface area contributed by atoms with Gasteiger partial charge in [0.2, 0.25) is 0 Å². The molecule has 1 atom stereocenters. The summed E-state index contributed by atoms with van der Waals surface area (Å²) < 4.78 is 9.87. The summed E-state index contributed by atoms with van der Waals surface area (Å²) in [6, 6.07) is 1.57.